The van der Waals surface area contributed by atoms with Crippen molar-refractivity contribution in [2.24, 2.45) is 17.6 Å². The zero-order valence-corrected chi connectivity index (χ0v) is 17.7. The lowest BCUT2D eigenvalue weighted by Gasteiger charge is -2.36. The van der Waals surface area contributed by atoms with Gasteiger partial charge in [-0.15, -0.1) is 0 Å². The first-order chi connectivity index (χ1) is 14.4. The molecule has 8 heteroatoms. The number of nitrogens with zero attached hydrogens (tertiary/aromatic N) is 2. The van der Waals surface area contributed by atoms with Crippen LogP contribution in [0.3, 0.4) is 0 Å². The molecular formula is C22H27N3O4S. The minimum atomic E-state index is -3.59. The second kappa shape index (κ2) is 8.35. The molecule has 2 N–H and O–H groups in total. The van der Waals surface area contributed by atoms with Gasteiger partial charge in [-0.2, -0.15) is 4.31 Å². The van der Waals surface area contributed by atoms with E-state index in [1.54, 1.807) is 17.0 Å². The molecule has 2 aliphatic heterocycles. The largest absolute Gasteiger partial charge is 0.369 e. The fraction of sp³-hybridized carbons (Fsp3) is 0.455. The first-order valence-corrected chi connectivity index (χ1v) is 11.9. The van der Waals surface area contributed by atoms with Gasteiger partial charge in [0.15, 0.2) is 0 Å². The molecule has 2 aromatic carbocycles. The zero-order chi connectivity index (χ0) is 21.3. The van der Waals surface area contributed by atoms with Crippen LogP contribution in [-0.2, 0) is 19.6 Å². The molecule has 0 saturated carbocycles. The number of hydrogen-bond acceptors (Lipinski definition) is 4. The van der Waals surface area contributed by atoms with Gasteiger partial charge in [0.25, 0.3) is 0 Å². The lowest BCUT2D eigenvalue weighted by molar-refractivity contribution is -0.139. The summed E-state index contributed by atoms with van der Waals surface area (Å²) in [6, 6.07) is 12.9. The van der Waals surface area contributed by atoms with Crippen LogP contribution in [0, 0.1) is 11.8 Å². The molecule has 0 aliphatic carbocycles. The third-order valence-electron chi connectivity index (χ3n) is 6.37. The van der Waals surface area contributed by atoms with Crippen LogP contribution in [0.5, 0.6) is 0 Å². The molecule has 160 valence electrons. The summed E-state index contributed by atoms with van der Waals surface area (Å²) in [6.07, 6.45) is 2.25. The van der Waals surface area contributed by atoms with E-state index in [0.717, 1.165) is 10.8 Å². The number of piperidine rings is 2. The van der Waals surface area contributed by atoms with Crippen LogP contribution in [-0.4, -0.2) is 55.6 Å². The summed E-state index contributed by atoms with van der Waals surface area (Å²) in [4.78, 5) is 26.2. The number of amides is 2. The Morgan fingerprint density at radius 1 is 0.833 bits per heavy atom. The van der Waals surface area contributed by atoms with Crippen LogP contribution in [0.15, 0.2) is 47.4 Å². The lowest BCUT2D eigenvalue weighted by atomic mass is 9.92. The van der Waals surface area contributed by atoms with Crippen molar-refractivity contribution >= 4 is 32.6 Å². The molecule has 2 amide bonds. The summed E-state index contributed by atoms with van der Waals surface area (Å²) in [5.41, 5.74) is 5.36. The minimum Gasteiger partial charge on any atom is -0.369 e. The number of rotatable bonds is 4. The van der Waals surface area contributed by atoms with E-state index in [1.165, 1.54) is 4.31 Å². The Balaban J connectivity index is 1.38. The number of sulfonamides is 1. The molecule has 0 bridgehead atoms. The summed E-state index contributed by atoms with van der Waals surface area (Å²) in [5, 5.41) is 1.89. The van der Waals surface area contributed by atoms with Crippen molar-refractivity contribution < 1.29 is 18.0 Å². The number of benzene rings is 2. The third-order valence-corrected chi connectivity index (χ3v) is 8.27. The van der Waals surface area contributed by atoms with E-state index in [9.17, 15) is 18.0 Å². The minimum absolute atomic E-state index is 0.0701. The quantitative estimate of drug-likeness (QED) is 0.803. The van der Waals surface area contributed by atoms with Crippen LogP contribution in [0.25, 0.3) is 10.8 Å². The van der Waals surface area contributed by atoms with E-state index >= 15 is 0 Å². The molecular weight excluding hydrogens is 402 g/mol. The van der Waals surface area contributed by atoms with Gasteiger partial charge >= 0.3 is 0 Å². The Bertz CT molecular complexity index is 1050. The lowest BCUT2D eigenvalue weighted by Crippen LogP contribution is -2.47. The standard InChI is InChI=1S/C22H27N3O4S/c23-21(26)17-7-11-24(12-8-17)22(27)18-9-13-25(14-10-18)30(28,29)20-6-5-16-3-1-2-4-19(16)15-20/h1-6,15,17-18H,7-14H2,(H2,23,26). The molecule has 0 radical (unpaired) electrons. The molecule has 2 fully saturated rings. The van der Waals surface area contributed by atoms with Crippen molar-refractivity contribution in [2.75, 3.05) is 26.2 Å². The van der Waals surface area contributed by atoms with Gasteiger partial charge in [0.2, 0.25) is 21.8 Å². The highest BCUT2D eigenvalue weighted by molar-refractivity contribution is 7.89. The summed E-state index contributed by atoms with van der Waals surface area (Å²) in [6.45, 7) is 1.76. The molecule has 2 saturated heterocycles. The van der Waals surface area contributed by atoms with E-state index in [2.05, 4.69) is 0 Å². The summed E-state index contributed by atoms with van der Waals surface area (Å²) < 4.78 is 27.7. The molecule has 0 aromatic heterocycles. The highest BCUT2D eigenvalue weighted by atomic mass is 32.2. The van der Waals surface area contributed by atoms with E-state index in [0.29, 0.717) is 56.8 Å². The predicted octanol–water partition coefficient (Wildman–Crippen LogP) is 1.96. The van der Waals surface area contributed by atoms with Gasteiger partial charge in [-0.05, 0) is 48.6 Å². The molecule has 2 aromatic rings. The highest BCUT2D eigenvalue weighted by Gasteiger charge is 2.35. The van der Waals surface area contributed by atoms with E-state index < -0.39 is 10.0 Å². The average molecular weight is 430 g/mol. The van der Waals surface area contributed by atoms with Crippen molar-refractivity contribution in [3.63, 3.8) is 0 Å². The second-order valence-corrected chi connectivity index (χ2v) is 10.1. The first-order valence-electron chi connectivity index (χ1n) is 10.4. The number of nitrogens with two attached hydrogens (primary N) is 1. The maximum atomic E-state index is 13.1. The molecule has 0 atom stereocenters. The Morgan fingerprint density at radius 3 is 2.07 bits per heavy atom. The van der Waals surface area contributed by atoms with Gasteiger partial charge < -0.3 is 10.6 Å². The normalized spacial score (nSPS) is 19.8. The number of carbonyl (C=O) groups excluding carboxylic acids is 2. The number of carbonyl (C=O) groups is 2. The number of fused-ring (bicyclic) bond motifs is 1. The van der Waals surface area contributed by atoms with Gasteiger partial charge in [-0.1, -0.05) is 30.3 Å². The fourth-order valence-electron chi connectivity index (χ4n) is 4.46. The summed E-state index contributed by atoms with van der Waals surface area (Å²) in [7, 11) is -3.59. The zero-order valence-electron chi connectivity index (χ0n) is 16.9. The van der Waals surface area contributed by atoms with Gasteiger partial charge in [0.05, 0.1) is 4.90 Å². The van der Waals surface area contributed by atoms with Crippen molar-refractivity contribution in [2.45, 2.75) is 30.6 Å². The molecule has 2 aliphatic rings. The maximum absolute atomic E-state index is 13.1. The first kappa shape index (κ1) is 20.8. The fourth-order valence-corrected chi connectivity index (χ4v) is 5.97. The predicted molar refractivity (Wildman–Crippen MR) is 114 cm³/mol. The Hall–Kier alpha value is -2.45. The van der Waals surface area contributed by atoms with Crippen LogP contribution in [0.4, 0.5) is 0 Å². The van der Waals surface area contributed by atoms with Crippen LogP contribution >= 0.6 is 0 Å². The van der Waals surface area contributed by atoms with Crippen molar-refractivity contribution in [3.8, 4) is 0 Å². The van der Waals surface area contributed by atoms with Crippen molar-refractivity contribution in [1.82, 2.24) is 9.21 Å². The molecule has 0 spiro atoms. The molecule has 30 heavy (non-hydrogen) atoms. The maximum Gasteiger partial charge on any atom is 0.243 e. The van der Waals surface area contributed by atoms with E-state index in [-0.39, 0.29) is 23.7 Å². The van der Waals surface area contributed by atoms with E-state index in [4.69, 9.17) is 5.73 Å². The molecule has 2 heterocycles. The van der Waals surface area contributed by atoms with Crippen LogP contribution in [0.2, 0.25) is 0 Å². The third kappa shape index (κ3) is 4.06. The Labute approximate surface area is 176 Å². The SMILES string of the molecule is NC(=O)C1CCN(C(=O)C2CCN(S(=O)(=O)c3ccc4ccccc4c3)CC2)CC1. The molecule has 4 rings (SSSR count). The second-order valence-electron chi connectivity index (χ2n) is 8.19. The summed E-state index contributed by atoms with van der Waals surface area (Å²) in [5.74, 6) is -0.545. The molecule has 0 unspecified atom stereocenters. The number of likely N-dealkylation sites (tertiary alicyclic amines) is 1. The van der Waals surface area contributed by atoms with E-state index in [1.807, 2.05) is 30.3 Å². The Kier molecular flexibility index (Phi) is 5.79. The van der Waals surface area contributed by atoms with Gasteiger partial charge in [-0.3, -0.25) is 9.59 Å². The number of primary amides is 1. The highest BCUT2D eigenvalue weighted by Crippen LogP contribution is 2.28. The smallest absolute Gasteiger partial charge is 0.243 e. The van der Waals surface area contributed by atoms with Crippen molar-refractivity contribution in [3.05, 3.63) is 42.5 Å². The molecule has 7 nitrogen and oxygen atoms in total. The van der Waals surface area contributed by atoms with Gasteiger partial charge in [0, 0.05) is 38.0 Å². The summed E-state index contributed by atoms with van der Waals surface area (Å²) >= 11 is 0. The van der Waals surface area contributed by atoms with Gasteiger partial charge in [0.1, 0.15) is 0 Å². The topological polar surface area (TPSA) is 101 Å². The van der Waals surface area contributed by atoms with Crippen molar-refractivity contribution in [1.29, 1.82) is 0 Å². The monoisotopic (exact) mass is 429 g/mol. The van der Waals surface area contributed by atoms with Gasteiger partial charge in [-0.25, -0.2) is 8.42 Å². The van der Waals surface area contributed by atoms with Crippen LogP contribution < -0.4 is 5.73 Å². The van der Waals surface area contributed by atoms with Crippen LogP contribution in [0.1, 0.15) is 25.7 Å². The number of hydrogen-bond donors (Lipinski definition) is 1. The average Bonchev–Trinajstić information content (AvgIpc) is 2.78. The Morgan fingerprint density at radius 2 is 1.43 bits per heavy atom.